The number of carbonyl (C=O) groups excluding carboxylic acids is 17. The maximum absolute atomic E-state index is 15.8. The second-order valence-electron chi connectivity index (χ2n) is 38.1. The van der Waals surface area contributed by atoms with E-state index in [1.807, 2.05) is 52.9 Å². The molecule has 5 aromatic rings. The SMILES string of the molecule is CC(C)C[C@H]1NC(=O)[C@H](C)N(C)C(=O)[C@H](CCC(N)=O)NC(=O)[C@H](Cc2ccc(-c3ccccc3)cc2)NC(=O)[C@H](Cc2ccc(I)cc2)NC(=O)[C@H](Cc2cccc(I)c2)NC(=O)[C@H](CC(=O)O)NC(=O)[C@H](Cc2ccc(OCC(=O)O)cc2)NC(=O)[C@H](CN2CCOCC2)NC(=O)CSC[C@@H](C(=O)N[C@@H](CCN)C(N)=O)NC(=O)[C@H](CCCN)NC(=O)[C@H](C(C)C)NC(=O)[C@H](CC2CCCCC2)NC(=O)[C@H](CCN)NC1=O. The van der Waals surface area contributed by atoms with Crippen molar-refractivity contribution < 1.29 is 111 Å². The smallest absolute Gasteiger partial charge is 0.341 e. The number of rotatable bonds is 34. The molecule has 0 aromatic heterocycles. The van der Waals surface area contributed by atoms with Crippen LogP contribution in [-0.2, 0) is 122 Å². The van der Waals surface area contributed by atoms with Crippen LogP contribution in [0.3, 0.4) is 0 Å². The predicted octanol–water partition coefficient (Wildman–Crippen LogP) is -0.656. The first-order chi connectivity index (χ1) is 71.0. The number of likely N-dealkylation sites (N-methyl/N-ethyl adjacent to an activating group) is 1. The third-order valence-electron chi connectivity index (χ3n) is 25.4. The van der Waals surface area contributed by atoms with Gasteiger partial charge in [-0.15, -0.1) is 11.8 Å². The Morgan fingerprint density at radius 2 is 0.980 bits per heavy atom. The maximum Gasteiger partial charge on any atom is 0.341 e. The van der Waals surface area contributed by atoms with Crippen LogP contribution in [0.1, 0.15) is 147 Å². The Morgan fingerprint density at radius 1 is 0.490 bits per heavy atom. The summed E-state index contributed by atoms with van der Waals surface area (Å²) in [5, 5.41) is 57.7. The highest BCUT2D eigenvalue weighted by Gasteiger charge is 2.42. The molecule has 3 fully saturated rings. The largest absolute Gasteiger partial charge is 0.482 e. The molecule has 3 aliphatic rings. The predicted molar refractivity (Wildman–Crippen MR) is 569 cm³/mol. The van der Waals surface area contributed by atoms with E-state index in [4.69, 9.17) is 38.1 Å². The van der Waals surface area contributed by atoms with E-state index in [0.717, 1.165) is 50.6 Å². The molecule has 2 aliphatic heterocycles. The Morgan fingerprint density at radius 3 is 1.52 bits per heavy atom. The Hall–Kier alpha value is -12.6. The monoisotopic (exact) mass is 2310 g/mol. The van der Waals surface area contributed by atoms with Crippen molar-refractivity contribution in [3.63, 3.8) is 0 Å². The van der Waals surface area contributed by atoms with Gasteiger partial charge in [0.2, 0.25) is 100 Å². The summed E-state index contributed by atoms with van der Waals surface area (Å²) in [6, 6.07) is 11.0. The fourth-order valence-electron chi connectivity index (χ4n) is 17.1. The van der Waals surface area contributed by atoms with Gasteiger partial charge in [-0.1, -0.05) is 151 Å². The standard InChI is InChI=1S/C102H141I2N21O23S/c1-57(2)45-74-92(136)112-72(37-40-107)91(135)116-78(47-60-15-9-7-10-16-60)98(142)123-87(58(3)4)101(145)113-71(21-14-38-105)90(134)122-82(100(144)111-70(36-39-106)88(109)132)55-149-56-84(127)110-81(53-125-41-43-147-44-42-125)99(143)120-77(50-63-26-32-69(33-27-63)148-54-86(130)131)95(139)121-80(52-85(128)129)97(141)119-79(51-64-17-13-20-68(104)46-64)96(140)118-76(49-62-24-30-67(103)31-25-62)94(138)117-75(48-61-22-28-66(29-23-61)65-18-11-8-12-19-65)93(137)114-73(34-35-83(108)126)102(146)124(6)59(5)89(133)115-74/h8,11-13,17-20,22-33,46,57-60,70-82,87H,7,9-10,14-16,21,34-45,47-56,105-107H2,1-6H3,(H2,108,126)(H2,109,132)(H,110,127)(H,111,144)(H,112,136)(H,113,145)(H,114,137)(H,115,133)(H,116,135)(H,117,138)(H,118,140)(H,119,141)(H,120,143)(H,121,139)(H,122,134)(H,123,142)(H,128,129)(H,130,131)/t59-,70-,71-,72-,73-,74+,75-,76-,77-,78-,79-,80-,81-,82-,87-/m0/s1. The summed E-state index contributed by atoms with van der Waals surface area (Å²) in [4.78, 5) is 281. The zero-order valence-corrected chi connectivity index (χ0v) is 89.6. The average Bonchev–Trinajstić information content (AvgIpc) is 0.840. The van der Waals surface area contributed by atoms with E-state index in [9.17, 15) is 63.0 Å². The molecule has 0 bridgehead atoms. The van der Waals surface area contributed by atoms with Gasteiger partial charge in [-0.05, 0) is 204 Å². The molecule has 0 spiro atoms. The number of carboxylic acid groups (broad SMARTS) is 2. The van der Waals surface area contributed by atoms with Crippen molar-refractivity contribution >= 4 is 169 Å². The number of carbonyl (C=O) groups is 19. The normalized spacial score (nSPS) is 23.6. The molecule has 2 saturated heterocycles. The lowest BCUT2D eigenvalue weighted by atomic mass is 9.84. The van der Waals surface area contributed by atoms with E-state index in [1.165, 1.54) is 38.2 Å². The van der Waals surface area contributed by atoms with Gasteiger partial charge in [-0.3, -0.25) is 91.2 Å². The van der Waals surface area contributed by atoms with Crippen LogP contribution in [0.25, 0.3) is 11.1 Å². The van der Waals surface area contributed by atoms with Crippen LogP contribution >= 0.6 is 56.9 Å². The first-order valence-corrected chi connectivity index (χ1v) is 53.1. The molecule has 812 valence electrons. The fraction of sp³-hybridized carbons (Fsp3) is 0.520. The van der Waals surface area contributed by atoms with E-state index >= 15 is 38.4 Å². The number of hydrogen-bond donors (Lipinski definition) is 21. The van der Waals surface area contributed by atoms with Crippen molar-refractivity contribution in [3.8, 4) is 16.9 Å². The second kappa shape index (κ2) is 62.2. The average molecular weight is 2320 g/mol. The number of primary amides is 2. The van der Waals surface area contributed by atoms with E-state index in [2.05, 4.69) is 97.0 Å². The molecule has 15 atom stereocenters. The van der Waals surface area contributed by atoms with Crippen LogP contribution < -0.4 is 108 Å². The Kier molecular flexibility index (Phi) is 50.8. The number of nitrogens with zero attached hydrogens (tertiary/aromatic N) is 2. The van der Waals surface area contributed by atoms with Crippen molar-refractivity contribution in [2.75, 3.05) is 77.6 Å². The molecule has 2 heterocycles. The number of hydrogen-bond acceptors (Lipinski definition) is 26. The molecule has 5 aromatic carbocycles. The van der Waals surface area contributed by atoms with E-state index < -0.39 is 253 Å². The number of amides is 17. The molecule has 0 radical (unpaired) electrons. The number of halogens is 2. The Bertz CT molecular complexity index is 5400. The summed E-state index contributed by atoms with van der Waals surface area (Å²) in [6.45, 7) is 7.43. The number of aliphatic carboxylic acids is 2. The molecular formula is C102H141I2N21O23S. The number of thioether (sulfide) groups is 1. The van der Waals surface area contributed by atoms with Crippen molar-refractivity contribution in [2.45, 2.75) is 241 Å². The van der Waals surface area contributed by atoms with Crippen molar-refractivity contribution in [1.82, 2.24) is 84.2 Å². The minimum atomic E-state index is -2.12. The lowest BCUT2D eigenvalue weighted by Gasteiger charge is -2.32. The molecule has 8 rings (SSSR count). The summed E-state index contributed by atoms with van der Waals surface area (Å²) < 4.78 is 12.4. The zero-order chi connectivity index (χ0) is 109. The number of benzene rings is 5. The summed E-state index contributed by atoms with van der Waals surface area (Å²) in [5.41, 5.74) is 32.6. The van der Waals surface area contributed by atoms with Gasteiger partial charge >= 0.3 is 11.9 Å². The molecule has 1 aliphatic carbocycles. The minimum Gasteiger partial charge on any atom is -0.482 e. The molecule has 26 N–H and O–H groups in total. The first-order valence-electron chi connectivity index (χ1n) is 49.8. The summed E-state index contributed by atoms with van der Waals surface area (Å²) in [6.07, 6.45) is -0.398. The van der Waals surface area contributed by atoms with E-state index in [-0.39, 0.29) is 133 Å². The van der Waals surface area contributed by atoms with Crippen LogP contribution in [0.2, 0.25) is 0 Å². The fourth-order valence-corrected chi connectivity index (χ4v) is 18.9. The highest BCUT2D eigenvalue weighted by Crippen LogP contribution is 2.29. The molecule has 0 unspecified atom stereocenters. The topological polar surface area (TPSA) is 688 Å². The van der Waals surface area contributed by atoms with E-state index in [0.29, 0.717) is 33.1 Å². The van der Waals surface area contributed by atoms with Gasteiger partial charge in [-0.2, -0.15) is 0 Å². The van der Waals surface area contributed by atoms with Gasteiger partial charge in [-0.25, -0.2) is 4.79 Å². The molecule has 1 saturated carbocycles. The third kappa shape index (κ3) is 41.4. The summed E-state index contributed by atoms with van der Waals surface area (Å²) in [5.74, 6) is -22.1. The molecular weight excluding hydrogens is 2170 g/mol. The minimum absolute atomic E-state index is 0.0243. The van der Waals surface area contributed by atoms with Gasteiger partial charge in [0.15, 0.2) is 6.61 Å². The summed E-state index contributed by atoms with van der Waals surface area (Å²) in [7, 11) is 1.23. The van der Waals surface area contributed by atoms with Gasteiger partial charge in [0.25, 0.3) is 0 Å². The second-order valence-corrected chi connectivity index (χ2v) is 41.6. The van der Waals surface area contributed by atoms with E-state index in [1.54, 1.807) is 105 Å². The number of ether oxygens (including phenoxy) is 2. The zero-order valence-electron chi connectivity index (χ0n) is 84.4. The van der Waals surface area contributed by atoms with Crippen LogP contribution in [-0.4, -0.2) is 301 Å². The molecule has 47 heteroatoms. The van der Waals surface area contributed by atoms with Crippen molar-refractivity contribution in [3.05, 3.63) is 157 Å². The molecule has 17 amide bonds. The van der Waals surface area contributed by atoms with Crippen LogP contribution in [0.4, 0.5) is 0 Å². The first kappa shape index (κ1) is 122. The van der Waals surface area contributed by atoms with Gasteiger partial charge in [0, 0.05) is 71.7 Å². The lowest BCUT2D eigenvalue weighted by molar-refractivity contribution is -0.143. The van der Waals surface area contributed by atoms with Crippen LogP contribution in [0.15, 0.2) is 127 Å². The number of nitrogens with two attached hydrogens (primary N) is 5. The van der Waals surface area contributed by atoms with Crippen molar-refractivity contribution in [2.24, 2.45) is 46.4 Å². The van der Waals surface area contributed by atoms with Gasteiger partial charge < -0.3 is 128 Å². The lowest BCUT2D eigenvalue weighted by Crippen LogP contribution is -2.62. The highest BCUT2D eigenvalue weighted by atomic mass is 127. The number of nitrogens with one attached hydrogen (secondary N) is 14. The molecule has 149 heavy (non-hydrogen) atoms. The van der Waals surface area contributed by atoms with Crippen LogP contribution in [0, 0.1) is 24.9 Å². The number of carboxylic acids is 2. The van der Waals surface area contributed by atoms with Crippen molar-refractivity contribution in [1.29, 1.82) is 0 Å². The van der Waals surface area contributed by atoms with Crippen LogP contribution in [0.5, 0.6) is 5.75 Å². The Labute approximate surface area is 896 Å². The maximum atomic E-state index is 15.8. The quantitative estimate of drug-likeness (QED) is 0.0227. The third-order valence-corrected chi connectivity index (χ3v) is 27.9. The van der Waals surface area contributed by atoms with Gasteiger partial charge in [0.05, 0.1) is 25.4 Å². The Balaban J connectivity index is 1.25. The summed E-state index contributed by atoms with van der Waals surface area (Å²) >= 11 is 4.84. The number of morpholine rings is 1. The molecule has 44 nitrogen and oxygen atoms in total. The highest BCUT2D eigenvalue weighted by molar-refractivity contribution is 14.1. The van der Waals surface area contributed by atoms with Gasteiger partial charge in [0.1, 0.15) is 96.4 Å².